The van der Waals surface area contributed by atoms with Gasteiger partial charge in [-0.15, -0.1) is 0 Å². The van der Waals surface area contributed by atoms with Crippen LogP contribution in [0.25, 0.3) is 0 Å². The van der Waals surface area contributed by atoms with Crippen LogP contribution in [-0.4, -0.2) is 29.6 Å². The molecule has 1 amide bonds. The maximum absolute atomic E-state index is 12.4. The fourth-order valence-corrected chi connectivity index (χ4v) is 2.85. The molecule has 0 unspecified atom stereocenters. The molecule has 0 aliphatic rings. The second-order valence-electron chi connectivity index (χ2n) is 7.25. The summed E-state index contributed by atoms with van der Waals surface area (Å²) >= 11 is 0. The zero-order chi connectivity index (χ0) is 19.1. The van der Waals surface area contributed by atoms with Crippen molar-refractivity contribution in [1.82, 2.24) is 5.32 Å². The number of nitrogens with one attached hydrogen (secondary N) is 2. The van der Waals surface area contributed by atoms with Crippen LogP contribution in [0.5, 0.6) is 0 Å². The Morgan fingerprint density at radius 3 is 1.96 bits per heavy atom. The first-order chi connectivity index (χ1) is 11.7. The molecule has 0 aromatic heterocycles. The van der Waals surface area contributed by atoms with Gasteiger partial charge in [-0.25, -0.2) is 0 Å². The van der Waals surface area contributed by atoms with Gasteiger partial charge in [-0.05, 0) is 28.9 Å². The second-order valence-corrected chi connectivity index (χ2v) is 7.25. The van der Waals surface area contributed by atoms with Crippen LogP contribution in [0.2, 0.25) is 0 Å². The summed E-state index contributed by atoms with van der Waals surface area (Å²) in [5.41, 5.74) is 3.04. The van der Waals surface area contributed by atoms with Gasteiger partial charge in [0.1, 0.15) is 6.04 Å². The van der Waals surface area contributed by atoms with E-state index in [2.05, 4.69) is 38.3 Å². The zero-order valence-electron chi connectivity index (χ0n) is 16.2. The van der Waals surface area contributed by atoms with E-state index in [4.69, 9.17) is 0 Å². The van der Waals surface area contributed by atoms with Gasteiger partial charge in [-0.1, -0.05) is 66.2 Å². The summed E-state index contributed by atoms with van der Waals surface area (Å²) in [6.07, 6.45) is 0.735. The van der Waals surface area contributed by atoms with Gasteiger partial charge in [-0.2, -0.15) is 0 Å². The lowest BCUT2D eigenvalue weighted by atomic mass is 9.92. The van der Waals surface area contributed by atoms with Crippen molar-refractivity contribution < 1.29 is 14.7 Å². The number of rotatable bonds is 9. The van der Waals surface area contributed by atoms with Gasteiger partial charge in [0.25, 0.3) is 0 Å². The Labute approximate surface area is 151 Å². The van der Waals surface area contributed by atoms with Crippen molar-refractivity contribution in [3.05, 3.63) is 29.3 Å². The molecule has 140 valence electrons. The molecule has 2 atom stereocenters. The molecule has 0 heterocycles. The van der Waals surface area contributed by atoms with Gasteiger partial charge in [0.2, 0.25) is 5.91 Å². The van der Waals surface area contributed by atoms with E-state index in [1.54, 1.807) is 0 Å². The van der Waals surface area contributed by atoms with Crippen LogP contribution in [0.15, 0.2) is 18.2 Å². The summed E-state index contributed by atoms with van der Waals surface area (Å²) in [4.78, 5) is 23.8. The van der Waals surface area contributed by atoms with E-state index in [1.807, 2.05) is 32.0 Å². The molecule has 3 N–H and O–H groups in total. The molecule has 0 radical (unpaired) electrons. The topological polar surface area (TPSA) is 78.4 Å². The average molecular weight is 348 g/mol. The Hall–Kier alpha value is -1.88. The zero-order valence-corrected chi connectivity index (χ0v) is 16.2. The molecule has 25 heavy (non-hydrogen) atoms. The maximum Gasteiger partial charge on any atom is 0.320 e. The van der Waals surface area contributed by atoms with E-state index in [0.717, 1.165) is 23.2 Å². The summed E-state index contributed by atoms with van der Waals surface area (Å²) in [5, 5.41) is 15.2. The van der Waals surface area contributed by atoms with Gasteiger partial charge in [-0.3, -0.25) is 14.9 Å². The van der Waals surface area contributed by atoms with Crippen molar-refractivity contribution in [3.8, 4) is 0 Å². The smallest absolute Gasteiger partial charge is 0.320 e. The van der Waals surface area contributed by atoms with Crippen LogP contribution in [0, 0.1) is 5.92 Å². The van der Waals surface area contributed by atoms with Crippen molar-refractivity contribution in [1.29, 1.82) is 0 Å². The molecule has 5 nitrogen and oxygen atoms in total. The summed E-state index contributed by atoms with van der Waals surface area (Å²) in [7, 11) is 0. The summed E-state index contributed by atoms with van der Waals surface area (Å²) in [6.45, 7) is 12.2. The lowest BCUT2D eigenvalue weighted by Crippen LogP contribution is -2.45. The standard InChI is InChI=1S/C20H32N2O3/c1-7-14(6)18(20(24)25)21-11-17(23)22-19-15(12(2)3)9-8-10-16(19)13(4)5/h8-10,12-14,18,21H,7,11H2,1-6H3,(H,22,23)(H,24,25)/t14-,18-/m0/s1. The van der Waals surface area contributed by atoms with Crippen LogP contribution < -0.4 is 10.6 Å². The molecule has 0 fully saturated rings. The average Bonchev–Trinajstić information content (AvgIpc) is 2.53. The molecule has 1 aromatic rings. The molecule has 0 aliphatic carbocycles. The van der Waals surface area contributed by atoms with Gasteiger partial charge < -0.3 is 10.4 Å². The first-order valence-corrected chi connectivity index (χ1v) is 9.07. The SMILES string of the molecule is CC[C@H](C)[C@H](NCC(=O)Nc1c(C(C)C)cccc1C(C)C)C(=O)O. The van der Waals surface area contributed by atoms with E-state index in [9.17, 15) is 14.7 Å². The number of benzene rings is 1. The van der Waals surface area contributed by atoms with Crippen LogP contribution in [-0.2, 0) is 9.59 Å². The predicted molar refractivity (Wildman–Crippen MR) is 102 cm³/mol. The minimum Gasteiger partial charge on any atom is -0.480 e. The van der Waals surface area contributed by atoms with E-state index in [0.29, 0.717) is 0 Å². The van der Waals surface area contributed by atoms with Crippen LogP contribution in [0.1, 0.15) is 70.9 Å². The molecule has 0 saturated heterocycles. The number of carbonyl (C=O) groups excluding carboxylic acids is 1. The number of anilines is 1. The Kier molecular flexibility index (Phi) is 8.10. The Morgan fingerprint density at radius 2 is 1.56 bits per heavy atom. The molecule has 5 heteroatoms. The second kappa shape index (κ2) is 9.56. The van der Waals surface area contributed by atoms with Gasteiger partial charge in [0.05, 0.1) is 6.54 Å². The van der Waals surface area contributed by atoms with E-state index in [-0.39, 0.29) is 30.2 Å². The number of hydrogen-bond acceptors (Lipinski definition) is 3. The number of carboxylic acids is 1. The number of aliphatic carboxylic acids is 1. The van der Waals surface area contributed by atoms with Gasteiger partial charge in [0.15, 0.2) is 0 Å². The first-order valence-electron chi connectivity index (χ1n) is 9.07. The molecule has 1 aromatic carbocycles. The highest BCUT2D eigenvalue weighted by Gasteiger charge is 2.24. The highest BCUT2D eigenvalue weighted by atomic mass is 16.4. The van der Waals surface area contributed by atoms with Crippen molar-refractivity contribution in [2.45, 2.75) is 65.8 Å². The minimum absolute atomic E-state index is 0.0225. The predicted octanol–water partition coefficient (Wildman–Crippen LogP) is 3.96. The molecule has 1 rings (SSSR count). The number of para-hydroxylation sites is 1. The monoisotopic (exact) mass is 348 g/mol. The van der Waals surface area contributed by atoms with E-state index in [1.165, 1.54) is 0 Å². The highest BCUT2D eigenvalue weighted by molar-refractivity contribution is 5.94. The third-order valence-corrected chi connectivity index (χ3v) is 4.60. The van der Waals surface area contributed by atoms with Crippen molar-refractivity contribution in [2.75, 3.05) is 11.9 Å². The van der Waals surface area contributed by atoms with E-state index < -0.39 is 12.0 Å². The Bertz CT molecular complexity index is 570. The third-order valence-electron chi connectivity index (χ3n) is 4.60. The van der Waals surface area contributed by atoms with Gasteiger partial charge in [0, 0.05) is 5.69 Å². The third kappa shape index (κ3) is 5.85. The molecular formula is C20H32N2O3. The number of hydrogen-bond donors (Lipinski definition) is 3. The largest absolute Gasteiger partial charge is 0.480 e. The maximum atomic E-state index is 12.4. The van der Waals surface area contributed by atoms with Crippen molar-refractivity contribution in [2.24, 2.45) is 5.92 Å². The molecule has 0 saturated carbocycles. The Morgan fingerprint density at radius 1 is 1.04 bits per heavy atom. The molecular weight excluding hydrogens is 316 g/mol. The lowest BCUT2D eigenvalue weighted by Gasteiger charge is -2.22. The highest BCUT2D eigenvalue weighted by Crippen LogP contribution is 2.32. The molecule has 0 spiro atoms. The van der Waals surface area contributed by atoms with Crippen molar-refractivity contribution in [3.63, 3.8) is 0 Å². The summed E-state index contributed by atoms with van der Waals surface area (Å²) in [5.74, 6) is -0.612. The fourth-order valence-electron chi connectivity index (χ4n) is 2.85. The minimum atomic E-state index is -0.924. The normalized spacial score (nSPS) is 13.8. The van der Waals surface area contributed by atoms with Crippen LogP contribution >= 0.6 is 0 Å². The Balaban J connectivity index is 2.91. The summed E-state index contributed by atoms with van der Waals surface area (Å²) < 4.78 is 0. The number of carboxylic acid groups (broad SMARTS) is 1. The summed E-state index contributed by atoms with van der Waals surface area (Å²) in [6, 6.07) is 5.35. The van der Waals surface area contributed by atoms with Crippen LogP contribution in [0.3, 0.4) is 0 Å². The first kappa shape index (κ1) is 21.2. The quantitative estimate of drug-likeness (QED) is 0.631. The number of amides is 1. The van der Waals surface area contributed by atoms with Crippen molar-refractivity contribution >= 4 is 17.6 Å². The fraction of sp³-hybridized carbons (Fsp3) is 0.600. The van der Waals surface area contributed by atoms with Gasteiger partial charge >= 0.3 is 5.97 Å². The number of carbonyl (C=O) groups is 2. The van der Waals surface area contributed by atoms with Crippen LogP contribution in [0.4, 0.5) is 5.69 Å². The molecule has 0 bridgehead atoms. The lowest BCUT2D eigenvalue weighted by molar-refractivity contribution is -0.140. The van der Waals surface area contributed by atoms with E-state index >= 15 is 0 Å². The molecule has 0 aliphatic heterocycles.